The molecule has 3 heterocycles. The van der Waals surface area contributed by atoms with Crippen LogP contribution in [0.15, 0.2) is 48.7 Å². The number of benzene rings is 2. The lowest BCUT2D eigenvalue weighted by Crippen LogP contribution is -2.54. The van der Waals surface area contributed by atoms with E-state index in [0.29, 0.717) is 87.0 Å². The third-order valence-corrected chi connectivity index (χ3v) is 11.1. The van der Waals surface area contributed by atoms with Crippen LogP contribution < -0.4 is 31.9 Å². The Bertz CT molecular complexity index is 2370. The molecule has 6 N–H and O–H groups in total. The number of carbonyl (C=O) groups excluding carboxylic acids is 7. The summed E-state index contributed by atoms with van der Waals surface area (Å²) in [7, 11) is 3.57. The molecule has 0 radical (unpaired) electrons. The van der Waals surface area contributed by atoms with Crippen molar-refractivity contribution >= 4 is 64.5 Å². The number of nitriles is 1. The van der Waals surface area contributed by atoms with E-state index in [9.17, 15) is 33.6 Å². The second-order valence-electron chi connectivity index (χ2n) is 16.0. The molecule has 1 saturated heterocycles. The minimum absolute atomic E-state index is 0.0286. The highest BCUT2D eigenvalue weighted by Gasteiger charge is 2.45. The second kappa shape index (κ2) is 24.6. The molecular formula is C47H58N12O7. The standard InChI is InChI=1S/C47H58N12O7/c1-5-23-51-42-33(30-53-47(56-42)54-34-18-16-32(29-48)17-19-34)12-7-6-8-24-52-43(63)31(2)58(4)40(62)15-10-27-57(3)28-11-25-50-38(60)22-26-49-36-14-9-13-35-41(36)46(66)59(45(35)65)37-20-21-39(61)55-44(37)64/h9,13-14,16-19,30-31,37,49H,5-6,8,10-11,15,20-28H2,1-4H3,(H,50,60)(H,52,63)(H,55,61,64)(H2,51,53,54,56). The van der Waals surface area contributed by atoms with Crippen LogP contribution in [0, 0.1) is 23.2 Å². The van der Waals surface area contributed by atoms with Crippen molar-refractivity contribution in [2.75, 3.05) is 69.3 Å². The number of likely N-dealkylation sites (N-methyl/N-ethyl adjacent to an activating group) is 1. The summed E-state index contributed by atoms with van der Waals surface area (Å²) in [6, 6.07) is 12.2. The Morgan fingerprint density at radius 2 is 1.68 bits per heavy atom. The molecule has 3 aromatic rings. The van der Waals surface area contributed by atoms with Crippen LogP contribution in [0.5, 0.6) is 0 Å². The van der Waals surface area contributed by atoms with Crippen molar-refractivity contribution in [2.45, 2.75) is 83.7 Å². The molecule has 1 aromatic heterocycles. The lowest BCUT2D eigenvalue weighted by atomic mass is 10.0. The third kappa shape index (κ3) is 13.8. The molecule has 2 unspecified atom stereocenters. The fraction of sp³-hybridized carbons (Fsp3) is 0.447. The Hall–Kier alpha value is -7.38. The molecule has 66 heavy (non-hydrogen) atoms. The van der Waals surface area contributed by atoms with Crippen molar-refractivity contribution in [1.82, 2.24) is 40.6 Å². The molecule has 2 aliphatic rings. The van der Waals surface area contributed by atoms with Gasteiger partial charge in [0.2, 0.25) is 35.5 Å². The van der Waals surface area contributed by atoms with Crippen LogP contribution >= 0.6 is 0 Å². The molecule has 5 rings (SSSR count). The zero-order chi connectivity index (χ0) is 47.6. The Morgan fingerprint density at radius 1 is 0.924 bits per heavy atom. The number of piperidine rings is 1. The lowest BCUT2D eigenvalue weighted by molar-refractivity contribution is -0.138. The van der Waals surface area contributed by atoms with E-state index < -0.39 is 35.7 Å². The smallest absolute Gasteiger partial charge is 0.264 e. The van der Waals surface area contributed by atoms with Gasteiger partial charge in [0.15, 0.2) is 0 Å². The molecule has 2 aliphatic heterocycles. The fourth-order valence-electron chi connectivity index (χ4n) is 7.18. The van der Waals surface area contributed by atoms with Gasteiger partial charge in [-0.2, -0.15) is 10.2 Å². The van der Waals surface area contributed by atoms with Crippen molar-refractivity contribution in [3.8, 4) is 17.9 Å². The Labute approximate surface area is 384 Å². The molecule has 0 saturated carbocycles. The van der Waals surface area contributed by atoms with Gasteiger partial charge in [0, 0.05) is 70.3 Å². The van der Waals surface area contributed by atoms with Gasteiger partial charge in [0.05, 0.1) is 34.5 Å². The van der Waals surface area contributed by atoms with Crippen molar-refractivity contribution in [3.05, 3.63) is 70.9 Å². The first-order valence-electron chi connectivity index (χ1n) is 22.2. The largest absolute Gasteiger partial charge is 0.384 e. The van der Waals surface area contributed by atoms with Crippen LogP contribution in [0.1, 0.15) is 103 Å². The number of nitrogens with one attached hydrogen (secondary N) is 6. The summed E-state index contributed by atoms with van der Waals surface area (Å²) in [5.74, 6) is 4.36. The molecule has 19 heteroatoms. The number of hydrogen-bond acceptors (Lipinski definition) is 14. The Morgan fingerprint density at radius 3 is 2.42 bits per heavy atom. The zero-order valence-electron chi connectivity index (χ0n) is 37.9. The predicted molar refractivity (Wildman–Crippen MR) is 247 cm³/mol. The third-order valence-electron chi connectivity index (χ3n) is 11.1. The van der Waals surface area contributed by atoms with Gasteiger partial charge in [0.25, 0.3) is 11.8 Å². The fourth-order valence-corrected chi connectivity index (χ4v) is 7.18. The summed E-state index contributed by atoms with van der Waals surface area (Å²) < 4.78 is 0. The lowest BCUT2D eigenvalue weighted by Gasteiger charge is -2.27. The van der Waals surface area contributed by atoms with E-state index in [2.05, 4.69) is 71.6 Å². The van der Waals surface area contributed by atoms with Crippen LogP contribution in [0.25, 0.3) is 0 Å². The first kappa shape index (κ1) is 49.6. The molecular weight excluding hydrogens is 845 g/mol. The number of amides is 7. The van der Waals surface area contributed by atoms with Gasteiger partial charge in [-0.25, -0.2) is 4.98 Å². The van der Waals surface area contributed by atoms with Crippen LogP contribution in [-0.2, 0) is 24.0 Å². The molecule has 1 fully saturated rings. The summed E-state index contributed by atoms with van der Waals surface area (Å²) in [4.78, 5) is 102. The summed E-state index contributed by atoms with van der Waals surface area (Å²) in [6.07, 6.45) is 5.48. The molecule has 2 aromatic carbocycles. The van der Waals surface area contributed by atoms with Gasteiger partial charge in [-0.15, -0.1) is 0 Å². The normalized spacial score (nSPS) is 14.6. The SMILES string of the molecule is CCCNc1nc(Nc2ccc(C#N)cc2)ncc1C#CCCCNC(=O)C(C)N(C)C(=O)CCCN(C)CCCNC(=O)CCNc1cccc2c1C(=O)N(C1CCC(=O)NC1=O)C2=O. The summed E-state index contributed by atoms with van der Waals surface area (Å²) in [6.45, 7) is 6.87. The van der Waals surface area contributed by atoms with Gasteiger partial charge in [0.1, 0.15) is 17.9 Å². The van der Waals surface area contributed by atoms with Gasteiger partial charge < -0.3 is 36.4 Å². The van der Waals surface area contributed by atoms with E-state index in [-0.39, 0.29) is 61.1 Å². The topological polar surface area (TPSA) is 251 Å². The average molecular weight is 903 g/mol. The summed E-state index contributed by atoms with van der Waals surface area (Å²) in [5.41, 5.74) is 2.65. The van der Waals surface area contributed by atoms with Crippen LogP contribution in [0.3, 0.4) is 0 Å². The number of aromatic nitrogens is 2. The van der Waals surface area contributed by atoms with E-state index in [0.717, 1.165) is 17.0 Å². The maximum absolute atomic E-state index is 13.3. The van der Waals surface area contributed by atoms with Crippen LogP contribution in [-0.4, -0.2) is 131 Å². The van der Waals surface area contributed by atoms with E-state index in [1.807, 2.05) is 7.05 Å². The highest BCUT2D eigenvalue weighted by molar-refractivity contribution is 6.25. The van der Waals surface area contributed by atoms with E-state index >= 15 is 0 Å². The van der Waals surface area contributed by atoms with Gasteiger partial charge >= 0.3 is 0 Å². The van der Waals surface area contributed by atoms with Gasteiger partial charge in [-0.05, 0) is 95.6 Å². The average Bonchev–Trinajstić information content (AvgIpc) is 3.56. The molecule has 0 spiro atoms. The minimum atomic E-state index is -1.06. The molecule has 348 valence electrons. The van der Waals surface area contributed by atoms with Gasteiger partial charge in [-0.1, -0.05) is 24.8 Å². The number of anilines is 4. The van der Waals surface area contributed by atoms with Crippen molar-refractivity contribution in [1.29, 1.82) is 5.26 Å². The molecule has 2 atom stereocenters. The number of fused-ring (bicyclic) bond motifs is 1. The number of nitrogens with zero attached hydrogens (tertiary/aromatic N) is 6. The van der Waals surface area contributed by atoms with E-state index in [1.165, 1.54) is 11.0 Å². The minimum Gasteiger partial charge on any atom is -0.384 e. The number of imide groups is 2. The molecule has 19 nitrogen and oxygen atoms in total. The van der Waals surface area contributed by atoms with Gasteiger partial charge in [-0.3, -0.25) is 43.8 Å². The van der Waals surface area contributed by atoms with Crippen LogP contribution in [0.2, 0.25) is 0 Å². The maximum atomic E-state index is 13.3. The number of hydrogen-bond donors (Lipinski definition) is 6. The quantitative estimate of drug-likeness (QED) is 0.0455. The monoisotopic (exact) mass is 902 g/mol. The van der Waals surface area contributed by atoms with E-state index in [4.69, 9.17) is 5.26 Å². The molecule has 0 bridgehead atoms. The Balaban J connectivity index is 0.925. The van der Waals surface area contributed by atoms with Crippen molar-refractivity contribution < 1.29 is 33.6 Å². The molecule has 0 aliphatic carbocycles. The second-order valence-corrected chi connectivity index (χ2v) is 16.0. The van der Waals surface area contributed by atoms with Crippen molar-refractivity contribution in [2.24, 2.45) is 0 Å². The summed E-state index contributed by atoms with van der Waals surface area (Å²) >= 11 is 0. The van der Waals surface area contributed by atoms with Crippen LogP contribution in [0.4, 0.5) is 23.1 Å². The van der Waals surface area contributed by atoms with E-state index in [1.54, 1.807) is 56.6 Å². The maximum Gasteiger partial charge on any atom is 0.264 e. The highest BCUT2D eigenvalue weighted by atomic mass is 16.2. The predicted octanol–water partition coefficient (Wildman–Crippen LogP) is 3.13. The Kier molecular flexibility index (Phi) is 18.5. The number of rotatable bonds is 23. The number of unbranched alkanes of at least 4 members (excludes halogenated alkanes) is 1. The van der Waals surface area contributed by atoms with Crippen molar-refractivity contribution in [3.63, 3.8) is 0 Å². The first-order chi connectivity index (χ1) is 31.8. The summed E-state index contributed by atoms with van der Waals surface area (Å²) in [5, 5.41) is 26.5. The highest BCUT2D eigenvalue weighted by Crippen LogP contribution is 2.32. The first-order valence-corrected chi connectivity index (χ1v) is 22.2. The number of carbonyl (C=O) groups is 7. The zero-order valence-corrected chi connectivity index (χ0v) is 37.9. The molecule has 7 amide bonds.